The van der Waals surface area contributed by atoms with Crippen LogP contribution in [0.3, 0.4) is 0 Å². The second kappa shape index (κ2) is 4.42. The zero-order valence-electron chi connectivity index (χ0n) is 10.2. The van der Waals surface area contributed by atoms with Gasteiger partial charge in [0.05, 0.1) is 11.0 Å². The third-order valence-electron chi connectivity index (χ3n) is 2.79. The van der Waals surface area contributed by atoms with E-state index in [9.17, 15) is 0 Å². The van der Waals surface area contributed by atoms with Gasteiger partial charge in [0.25, 0.3) is 0 Å². The fourth-order valence-electron chi connectivity index (χ4n) is 2.00. The molecule has 4 nitrogen and oxygen atoms in total. The predicted molar refractivity (Wildman–Crippen MR) is 73.2 cm³/mol. The predicted octanol–water partition coefficient (Wildman–Crippen LogP) is 2.85. The number of thioether (sulfide) groups is 1. The number of hydrogen-bond acceptors (Lipinski definition) is 4. The Morgan fingerprint density at radius 3 is 2.83 bits per heavy atom. The third-order valence-corrected chi connectivity index (χ3v) is 3.44. The van der Waals surface area contributed by atoms with Crippen LogP contribution in [0, 0.1) is 6.92 Å². The van der Waals surface area contributed by atoms with Crippen molar-refractivity contribution in [1.82, 2.24) is 19.5 Å². The van der Waals surface area contributed by atoms with Gasteiger partial charge >= 0.3 is 0 Å². The van der Waals surface area contributed by atoms with Crippen molar-refractivity contribution in [3.63, 3.8) is 0 Å². The summed E-state index contributed by atoms with van der Waals surface area (Å²) in [6.07, 6.45) is 3.60. The molecule has 0 N–H and O–H groups in total. The van der Waals surface area contributed by atoms with Gasteiger partial charge in [0.1, 0.15) is 23.0 Å². The van der Waals surface area contributed by atoms with Crippen LogP contribution in [0.5, 0.6) is 0 Å². The summed E-state index contributed by atoms with van der Waals surface area (Å²) in [5, 5.41) is 0.956. The molecule has 0 unspecified atom stereocenters. The number of imidazole rings is 1. The second-order valence-corrected chi connectivity index (χ2v) is 4.73. The molecule has 0 bridgehead atoms. The van der Waals surface area contributed by atoms with Gasteiger partial charge in [-0.05, 0) is 25.3 Å². The van der Waals surface area contributed by atoms with Gasteiger partial charge in [-0.2, -0.15) is 0 Å². The van der Waals surface area contributed by atoms with Crippen LogP contribution in [0.25, 0.3) is 16.9 Å². The molecule has 0 saturated heterocycles. The molecule has 3 aromatic rings. The Bertz CT molecular complexity index is 705. The van der Waals surface area contributed by atoms with Gasteiger partial charge in [0.2, 0.25) is 0 Å². The summed E-state index contributed by atoms with van der Waals surface area (Å²) in [5.74, 6) is 1.79. The lowest BCUT2D eigenvalue weighted by molar-refractivity contribution is 0.916. The summed E-state index contributed by atoms with van der Waals surface area (Å²) < 4.78 is 2.05. The lowest BCUT2D eigenvalue weighted by Crippen LogP contribution is -2.00. The molecule has 0 spiro atoms. The molecular formula is C13H12N4S. The molecule has 0 fully saturated rings. The van der Waals surface area contributed by atoms with Crippen molar-refractivity contribution in [1.29, 1.82) is 0 Å². The average Bonchev–Trinajstić information content (AvgIpc) is 2.74. The molecule has 2 aromatic heterocycles. The number of aromatic nitrogens is 4. The van der Waals surface area contributed by atoms with E-state index >= 15 is 0 Å². The standard InChI is InChI=1S/C13H12N4S/c1-9-16-10-5-3-4-6-11(10)17(9)12-7-13(18-2)15-8-14-12/h3-8H,1-2H3. The molecule has 18 heavy (non-hydrogen) atoms. The molecule has 0 aliphatic rings. The number of para-hydroxylation sites is 2. The zero-order chi connectivity index (χ0) is 12.5. The van der Waals surface area contributed by atoms with E-state index in [-0.39, 0.29) is 0 Å². The van der Waals surface area contributed by atoms with Crippen LogP contribution in [-0.2, 0) is 0 Å². The topological polar surface area (TPSA) is 43.6 Å². The van der Waals surface area contributed by atoms with Gasteiger partial charge < -0.3 is 0 Å². The lowest BCUT2D eigenvalue weighted by atomic mass is 10.3. The van der Waals surface area contributed by atoms with E-state index in [0.717, 1.165) is 27.7 Å². The Morgan fingerprint density at radius 2 is 2.00 bits per heavy atom. The first-order valence-corrected chi connectivity index (χ1v) is 6.82. The van der Waals surface area contributed by atoms with E-state index in [1.54, 1.807) is 18.1 Å². The van der Waals surface area contributed by atoms with Crippen molar-refractivity contribution in [2.45, 2.75) is 11.9 Å². The van der Waals surface area contributed by atoms with Crippen molar-refractivity contribution < 1.29 is 0 Å². The minimum atomic E-state index is 0.862. The molecule has 0 saturated carbocycles. The number of aryl methyl sites for hydroxylation is 1. The molecule has 3 rings (SSSR count). The maximum atomic E-state index is 4.54. The van der Waals surface area contributed by atoms with E-state index in [1.807, 2.05) is 37.4 Å². The average molecular weight is 256 g/mol. The Kier molecular flexibility index (Phi) is 2.76. The fourth-order valence-corrected chi connectivity index (χ4v) is 2.38. The highest BCUT2D eigenvalue weighted by Gasteiger charge is 2.10. The maximum absolute atomic E-state index is 4.54. The largest absolute Gasteiger partial charge is 0.280 e. The highest BCUT2D eigenvalue weighted by Crippen LogP contribution is 2.21. The van der Waals surface area contributed by atoms with Crippen LogP contribution in [0.4, 0.5) is 0 Å². The summed E-state index contributed by atoms with van der Waals surface area (Å²) in [6.45, 7) is 1.99. The summed E-state index contributed by atoms with van der Waals surface area (Å²) in [7, 11) is 0. The second-order valence-electron chi connectivity index (χ2n) is 3.90. The molecule has 2 heterocycles. The number of benzene rings is 1. The Balaban J connectivity index is 2.27. The van der Waals surface area contributed by atoms with Crippen LogP contribution in [0.2, 0.25) is 0 Å². The quantitative estimate of drug-likeness (QED) is 0.522. The summed E-state index contributed by atoms with van der Waals surface area (Å²) in [4.78, 5) is 13.1. The van der Waals surface area contributed by atoms with Crippen molar-refractivity contribution in [3.05, 3.63) is 42.5 Å². The molecule has 0 radical (unpaired) electrons. The number of rotatable bonds is 2. The van der Waals surface area contributed by atoms with Gasteiger partial charge in [-0.15, -0.1) is 11.8 Å². The molecule has 0 atom stereocenters. The molecule has 0 aliphatic carbocycles. The van der Waals surface area contributed by atoms with Gasteiger partial charge in [-0.3, -0.25) is 4.57 Å². The molecule has 5 heteroatoms. The smallest absolute Gasteiger partial charge is 0.143 e. The number of hydrogen-bond donors (Lipinski definition) is 0. The molecule has 0 amide bonds. The first-order chi connectivity index (χ1) is 8.79. The van der Waals surface area contributed by atoms with Gasteiger partial charge in [0, 0.05) is 6.07 Å². The van der Waals surface area contributed by atoms with Crippen molar-refractivity contribution in [2.24, 2.45) is 0 Å². The van der Waals surface area contributed by atoms with Crippen LogP contribution in [0.15, 0.2) is 41.7 Å². The first-order valence-electron chi connectivity index (χ1n) is 5.60. The molecular weight excluding hydrogens is 244 g/mol. The van der Waals surface area contributed by atoms with Crippen LogP contribution < -0.4 is 0 Å². The van der Waals surface area contributed by atoms with Crippen molar-refractivity contribution >= 4 is 22.8 Å². The highest BCUT2D eigenvalue weighted by atomic mass is 32.2. The Labute approximate surface area is 109 Å². The highest BCUT2D eigenvalue weighted by molar-refractivity contribution is 7.98. The Hall–Kier alpha value is -1.88. The summed E-state index contributed by atoms with van der Waals surface area (Å²) in [6, 6.07) is 10.0. The van der Waals surface area contributed by atoms with E-state index < -0.39 is 0 Å². The van der Waals surface area contributed by atoms with Crippen LogP contribution in [0.1, 0.15) is 5.82 Å². The summed E-state index contributed by atoms with van der Waals surface area (Å²) >= 11 is 1.61. The van der Waals surface area contributed by atoms with Gasteiger partial charge in [-0.25, -0.2) is 15.0 Å². The normalized spacial score (nSPS) is 11.0. The van der Waals surface area contributed by atoms with E-state index in [0.29, 0.717) is 0 Å². The number of fused-ring (bicyclic) bond motifs is 1. The van der Waals surface area contributed by atoms with Crippen molar-refractivity contribution in [3.8, 4) is 5.82 Å². The van der Waals surface area contributed by atoms with Crippen molar-refractivity contribution in [2.75, 3.05) is 6.26 Å². The third kappa shape index (κ3) is 1.76. The van der Waals surface area contributed by atoms with E-state index in [2.05, 4.69) is 25.6 Å². The van der Waals surface area contributed by atoms with E-state index in [1.165, 1.54) is 0 Å². The van der Waals surface area contributed by atoms with E-state index in [4.69, 9.17) is 0 Å². The molecule has 0 aliphatic heterocycles. The minimum Gasteiger partial charge on any atom is -0.280 e. The molecule has 1 aromatic carbocycles. The minimum absolute atomic E-state index is 0.862. The summed E-state index contributed by atoms with van der Waals surface area (Å²) in [5.41, 5.74) is 2.06. The van der Waals surface area contributed by atoms with Gasteiger partial charge in [-0.1, -0.05) is 12.1 Å². The van der Waals surface area contributed by atoms with Crippen LogP contribution in [-0.4, -0.2) is 25.8 Å². The maximum Gasteiger partial charge on any atom is 0.143 e. The first kappa shape index (κ1) is 11.2. The monoisotopic (exact) mass is 256 g/mol. The molecule has 90 valence electrons. The zero-order valence-corrected chi connectivity index (χ0v) is 11.0. The van der Waals surface area contributed by atoms with Crippen LogP contribution >= 0.6 is 11.8 Å². The Morgan fingerprint density at radius 1 is 1.17 bits per heavy atom. The fraction of sp³-hybridized carbons (Fsp3) is 0.154. The van der Waals surface area contributed by atoms with Gasteiger partial charge in [0.15, 0.2) is 0 Å². The SMILES string of the molecule is CSc1cc(-n2c(C)nc3ccccc32)ncn1. The number of nitrogens with zero attached hydrogens (tertiary/aromatic N) is 4. The lowest BCUT2D eigenvalue weighted by Gasteiger charge is -2.06.